The number of halogens is 3. The average molecular weight is 486 g/mol. The Morgan fingerprint density at radius 3 is 2.58 bits per heavy atom. The van der Waals surface area contributed by atoms with Crippen molar-refractivity contribution < 1.29 is 22.0 Å². The predicted octanol–water partition coefficient (Wildman–Crippen LogP) is 3.57. The molecule has 0 aliphatic rings. The molecule has 0 bridgehead atoms. The van der Waals surface area contributed by atoms with Crippen molar-refractivity contribution >= 4 is 44.8 Å². The molecule has 0 fully saturated rings. The van der Waals surface area contributed by atoms with Crippen LogP contribution >= 0.6 is 23.4 Å². The summed E-state index contributed by atoms with van der Waals surface area (Å²) >= 11 is 6.80. The third kappa shape index (κ3) is 5.30. The second kappa shape index (κ2) is 9.16. The first-order valence-corrected chi connectivity index (χ1v) is 11.4. The van der Waals surface area contributed by atoms with E-state index in [-0.39, 0.29) is 26.5 Å². The molecule has 1 heterocycles. The van der Waals surface area contributed by atoms with E-state index in [0.717, 1.165) is 30.1 Å². The van der Waals surface area contributed by atoms with E-state index in [0.29, 0.717) is 5.56 Å². The van der Waals surface area contributed by atoms with Gasteiger partial charge >= 0.3 is 0 Å². The molecule has 31 heavy (non-hydrogen) atoms. The van der Waals surface area contributed by atoms with Gasteiger partial charge in [-0.05, 0) is 36.8 Å². The fourth-order valence-electron chi connectivity index (χ4n) is 2.40. The van der Waals surface area contributed by atoms with E-state index in [2.05, 4.69) is 15.3 Å². The molecule has 0 aliphatic heterocycles. The number of anilines is 1. The molecule has 1 amide bonds. The normalized spacial score (nSPS) is 11.4. The Morgan fingerprint density at radius 1 is 1.19 bits per heavy atom. The zero-order valence-electron chi connectivity index (χ0n) is 15.8. The second-order valence-electron chi connectivity index (χ2n) is 6.26. The second-order valence-corrected chi connectivity index (χ2v) is 9.55. The number of rotatable bonds is 6. The van der Waals surface area contributed by atoms with Crippen molar-refractivity contribution in [2.75, 3.05) is 11.1 Å². The van der Waals surface area contributed by atoms with E-state index < -0.39 is 37.8 Å². The fraction of sp³-hybridized carbons (Fsp3) is 0.105. The maximum Gasteiger partial charge on any atom is 0.270 e. The first kappa shape index (κ1) is 22.9. The maximum absolute atomic E-state index is 13.2. The number of aryl methyl sites for hydroxylation is 1. The van der Waals surface area contributed by atoms with Crippen LogP contribution in [0.4, 0.5) is 14.5 Å². The summed E-state index contributed by atoms with van der Waals surface area (Å²) in [5, 5.41) is 2.61. The Labute approximate surface area is 184 Å². The summed E-state index contributed by atoms with van der Waals surface area (Å²) in [5.41, 5.74) is -0.166. The molecule has 0 saturated heterocycles. The number of aromatic nitrogens is 2. The van der Waals surface area contributed by atoms with Crippen LogP contribution in [0.2, 0.25) is 5.02 Å². The Kier molecular flexibility index (Phi) is 6.77. The summed E-state index contributed by atoms with van der Waals surface area (Å²) in [6, 6.07) is 7.00. The lowest BCUT2D eigenvalue weighted by molar-refractivity contribution is -0.113. The molecule has 2 N–H and O–H groups in total. The number of hydrogen-bond acceptors (Lipinski definition) is 6. The van der Waals surface area contributed by atoms with Crippen molar-refractivity contribution in [1.29, 1.82) is 0 Å². The Bertz CT molecular complexity index is 1330. The molecule has 12 heteroatoms. The number of amides is 1. The molecule has 0 aliphatic carbocycles. The van der Waals surface area contributed by atoms with Crippen LogP contribution in [0.1, 0.15) is 5.56 Å². The van der Waals surface area contributed by atoms with E-state index in [9.17, 15) is 26.8 Å². The van der Waals surface area contributed by atoms with E-state index in [4.69, 9.17) is 11.6 Å². The van der Waals surface area contributed by atoms with Crippen molar-refractivity contribution in [2.24, 2.45) is 0 Å². The standard InChI is InChI=1S/C19H14ClF2N3O4S2/c1-10-2-4-12(7-13(10)20)31(28,29)16-8-23-19(25-18(16)27)30-9-17(26)24-11-3-5-14(21)15(22)6-11/h2-8H,9H2,1H3,(H,24,26)(H,23,25,27). The maximum atomic E-state index is 13.2. The largest absolute Gasteiger partial charge is 0.325 e. The van der Waals surface area contributed by atoms with Crippen molar-refractivity contribution in [3.63, 3.8) is 0 Å². The van der Waals surface area contributed by atoms with Gasteiger partial charge in [-0.3, -0.25) is 9.59 Å². The van der Waals surface area contributed by atoms with Crippen molar-refractivity contribution in [3.8, 4) is 0 Å². The summed E-state index contributed by atoms with van der Waals surface area (Å²) in [6.45, 7) is 1.71. The van der Waals surface area contributed by atoms with Crippen molar-refractivity contribution in [2.45, 2.75) is 21.9 Å². The van der Waals surface area contributed by atoms with Crippen LogP contribution < -0.4 is 10.9 Å². The number of sulfone groups is 1. The molecule has 3 aromatic rings. The lowest BCUT2D eigenvalue weighted by Crippen LogP contribution is -2.20. The number of H-pyrrole nitrogens is 1. The van der Waals surface area contributed by atoms with Crippen LogP contribution in [0, 0.1) is 18.6 Å². The Morgan fingerprint density at radius 2 is 1.94 bits per heavy atom. The molecule has 162 valence electrons. The molecule has 3 rings (SSSR count). The molecule has 2 aromatic carbocycles. The fourth-order valence-corrected chi connectivity index (χ4v) is 4.54. The Hall–Kier alpha value is -2.76. The molecule has 0 radical (unpaired) electrons. The number of hydrogen-bond donors (Lipinski definition) is 2. The number of nitrogens with zero attached hydrogens (tertiary/aromatic N) is 1. The number of benzene rings is 2. The predicted molar refractivity (Wildman–Crippen MR) is 112 cm³/mol. The van der Waals surface area contributed by atoms with Gasteiger partial charge in [-0.2, -0.15) is 0 Å². The van der Waals surface area contributed by atoms with Crippen LogP contribution in [0.25, 0.3) is 0 Å². The molecule has 7 nitrogen and oxygen atoms in total. The number of aromatic amines is 1. The Balaban J connectivity index is 1.71. The van der Waals surface area contributed by atoms with Crippen LogP contribution in [0.3, 0.4) is 0 Å². The van der Waals surface area contributed by atoms with Crippen LogP contribution in [0.5, 0.6) is 0 Å². The van der Waals surface area contributed by atoms with Gasteiger partial charge < -0.3 is 10.3 Å². The van der Waals surface area contributed by atoms with Gasteiger partial charge in [-0.15, -0.1) is 0 Å². The summed E-state index contributed by atoms with van der Waals surface area (Å²) in [6.07, 6.45) is 0.900. The number of thioether (sulfide) groups is 1. The highest BCUT2D eigenvalue weighted by atomic mass is 35.5. The van der Waals surface area contributed by atoms with Crippen LogP contribution in [-0.4, -0.2) is 30.0 Å². The number of carbonyl (C=O) groups excluding carboxylic acids is 1. The third-order valence-electron chi connectivity index (χ3n) is 4.03. The summed E-state index contributed by atoms with van der Waals surface area (Å²) in [5.74, 6) is -2.94. The van der Waals surface area contributed by atoms with Crippen molar-refractivity contribution in [3.05, 3.63) is 75.2 Å². The summed E-state index contributed by atoms with van der Waals surface area (Å²) in [4.78, 5) is 29.8. The number of nitrogens with one attached hydrogen (secondary N) is 2. The lowest BCUT2D eigenvalue weighted by atomic mass is 10.2. The zero-order chi connectivity index (χ0) is 22.8. The quantitative estimate of drug-likeness (QED) is 0.408. The van der Waals surface area contributed by atoms with Gasteiger partial charge in [0.25, 0.3) is 5.56 Å². The van der Waals surface area contributed by atoms with Crippen LogP contribution in [0.15, 0.2) is 62.3 Å². The topological polar surface area (TPSA) is 109 Å². The molecular formula is C19H14ClF2N3O4S2. The van der Waals surface area contributed by atoms with Gasteiger partial charge in [0.2, 0.25) is 15.7 Å². The average Bonchev–Trinajstić information content (AvgIpc) is 2.71. The molecule has 0 unspecified atom stereocenters. The van der Waals surface area contributed by atoms with Gasteiger partial charge in [-0.1, -0.05) is 29.4 Å². The SMILES string of the molecule is Cc1ccc(S(=O)(=O)c2cnc(SCC(=O)Nc3ccc(F)c(F)c3)[nH]c2=O)cc1Cl. The van der Waals surface area contributed by atoms with Gasteiger partial charge in [-0.25, -0.2) is 22.2 Å². The lowest BCUT2D eigenvalue weighted by Gasteiger charge is -2.07. The highest BCUT2D eigenvalue weighted by Crippen LogP contribution is 2.24. The first-order chi connectivity index (χ1) is 14.6. The van der Waals surface area contributed by atoms with E-state index >= 15 is 0 Å². The summed E-state index contributed by atoms with van der Waals surface area (Å²) < 4.78 is 51.5. The van der Waals surface area contributed by atoms with Gasteiger partial charge in [0.1, 0.15) is 0 Å². The highest BCUT2D eigenvalue weighted by Gasteiger charge is 2.23. The highest BCUT2D eigenvalue weighted by molar-refractivity contribution is 7.99. The van der Waals surface area contributed by atoms with E-state index in [1.165, 1.54) is 24.3 Å². The monoisotopic (exact) mass is 485 g/mol. The molecule has 0 spiro atoms. The van der Waals surface area contributed by atoms with Crippen LogP contribution in [-0.2, 0) is 14.6 Å². The molecule has 1 aromatic heterocycles. The van der Waals surface area contributed by atoms with Gasteiger partial charge in [0, 0.05) is 16.8 Å². The molecule has 0 atom stereocenters. The van der Waals surface area contributed by atoms with Gasteiger partial charge in [0.15, 0.2) is 21.7 Å². The molecular weight excluding hydrogens is 472 g/mol. The third-order valence-corrected chi connectivity index (χ3v) is 7.07. The zero-order valence-corrected chi connectivity index (χ0v) is 18.2. The first-order valence-electron chi connectivity index (χ1n) is 8.56. The molecule has 0 saturated carbocycles. The number of carbonyl (C=O) groups is 1. The van der Waals surface area contributed by atoms with E-state index in [1.54, 1.807) is 6.92 Å². The van der Waals surface area contributed by atoms with Crippen molar-refractivity contribution in [1.82, 2.24) is 9.97 Å². The van der Waals surface area contributed by atoms with Gasteiger partial charge in [0.05, 0.1) is 16.8 Å². The smallest absolute Gasteiger partial charge is 0.270 e. The van der Waals surface area contributed by atoms with E-state index in [1.807, 2.05) is 0 Å². The summed E-state index contributed by atoms with van der Waals surface area (Å²) in [7, 11) is -4.15. The minimum atomic E-state index is -4.15. The minimum Gasteiger partial charge on any atom is -0.325 e. The minimum absolute atomic E-state index is 0.00586.